The van der Waals surface area contributed by atoms with Crippen molar-refractivity contribution in [1.29, 1.82) is 0 Å². The normalized spacial score (nSPS) is 11.8. The smallest absolute Gasteiger partial charge is 0.508 e. The zero-order valence-electron chi connectivity index (χ0n) is 24.0. The van der Waals surface area contributed by atoms with Crippen LogP contribution in [0.15, 0.2) is 36.4 Å². The first-order valence-corrected chi connectivity index (χ1v) is 16.8. The van der Waals surface area contributed by atoms with Crippen LogP contribution in [-0.4, -0.2) is 60.4 Å². The number of fused-ring (bicyclic) bond motifs is 3. The third kappa shape index (κ3) is 8.90. The number of imidazole rings is 1. The van der Waals surface area contributed by atoms with Crippen molar-refractivity contribution >= 4 is 57.4 Å². The zero-order chi connectivity index (χ0) is 31.0. The summed E-state index contributed by atoms with van der Waals surface area (Å²) in [7, 11) is -4.84. The van der Waals surface area contributed by atoms with Gasteiger partial charge in [0.1, 0.15) is 22.8 Å². The molecule has 0 saturated carbocycles. The summed E-state index contributed by atoms with van der Waals surface area (Å²) in [6, 6.07) is 10.1. The average Bonchev–Trinajstić information content (AvgIpc) is 3.33. The van der Waals surface area contributed by atoms with Crippen molar-refractivity contribution in [3.8, 4) is 11.5 Å². The highest BCUT2D eigenvalue weighted by atomic mass is 79.9. The van der Waals surface area contributed by atoms with Gasteiger partial charge in [-0.25, -0.2) is 14.5 Å². The van der Waals surface area contributed by atoms with E-state index in [0.717, 1.165) is 54.4 Å². The number of nitrogens with zero attached hydrogens (tertiary/aromatic N) is 3. The van der Waals surface area contributed by atoms with Crippen molar-refractivity contribution in [2.45, 2.75) is 52.0 Å². The lowest BCUT2D eigenvalue weighted by atomic mass is 10.1. The molecule has 0 atom stereocenters. The van der Waals surface area contributed by atoms with Gasteiger partial charge in [-0.3, -0.25) is 14.6 Å². The highest BCUT2D eigenvalue weighted by Crippen LogP contribution is 2.41. The number of phosphoric ester groups is 1. The van der Waals surface area contributed by atoms with Gasteiger partial charge < -0.3 is 30.0 Å². The van der Waals surface area contributed by atoms with E-state index in [0.29, 0.717) is 42.8 Å². The Kier molecular flexibility index (Phi) is 11.4. The number of nitrogens with two attached hydrogens (primary N) is 1. The van der Waals surface area contributed by atoms with E-state index >= 15 is 0 Å². The first-order valence-electron chi connectivity index (χ1n) is 14.1. The molecule has 43 heavy (non-hydrogen) atoms. The average molecular weight is 679 g/mol. The minimum absolute atomic E-state index is 0.0352. The lowest BCUT2D eigenvalue weighted by Crippen LogP contribution is -2.26. The molecule has 232 valence electrons. The number of nitrogen functional groups attached to an aromatic ring is 1. The van der Waals surface area contributed by atoms with E-state index in [1.54, 1.807) is 0 Å². The number of hydrogen-bond donors (Lipinski definition) is 5. The van der Waals surface area contributed by atoms with Crippen LogP contribution < -0.4 is 15.6 Å². The molecule has 0 aliphatic heterocycles. The fraction of sp³-hybridized carbons (Fsp3) is 0.414. The maximum absolute atomic E-state index is 11.7. The standard InChI is InChI=1S/C29H37BrN5O7P/c1-2-3-7-25-34-27-28(35(25)18-20-16-21(36)9-11-24(20)42-43(38,39)40)22-15-19(8-10-23(22)33-29(27)31)6-4-13-41-14-5-12-32-26(37)17-30/h8-11,15-16,36H,2-7,12-14,17-18H2,1H3,(H2,31,33)(H,32,37)(H2,38,39,40). The number of halogens is 1. The molecule has 4 rings (SSSR count). The first-order chi connectivity index (χ1) is 20.6. The number of phosphoric acid groups is 1. The second kappa shape index (κ2) is 15.0. The third-order valence-electron chi connectivity index (χ3n) is 6.85. The number of hydrogen-bond acceptors (Lipinski definition) is 8. The molecule has 2 aromatic heterocycles. The number of phenols is 1. The Balaban J connectivity index is 1.63. The second-order valence-electron chi connectivity index (χ2n) is 10.2. The maximum atomic E-state index is 11.7. The van der Waals surface area contributed by atoms with Crippen molar-refractivity contribution in [3.05, 3.63) is 53.3 Å². The molecule has 2 heterocycles. The van der Waals surface area contributed by atoms with Crippen molar-refractivity contribution in [3.63, 3.8) is 0 Å². The molecule has 0 aliphatic rings. The number of alkyl halides is 1. The molecule has 12 nitrogen and oxygen atoms in total. The largest absolute Gasteiger partial charge is 0.524 e. The molecule has 1 amide bonds. The van der Waals surface area contributed by atoms with Crippen LogP contribution >= 0.6 is 23.8 Å². The Bertz CT molecular complexity index is 1620. The molecule has 0 fully saturated rings. The van der Waals surface area contributed by atoms with Crippen LogP contribution in [0.4, 0.5) is 5.82 Å². The van der Waals surface area contributed by atoms with Crippen LogP contribution in [0.2, 0.25) is 0 Å². The number of unbranched alkanes of at least 4 members (excludes halogenated alkanes) is 1. The molecule has 0 radical (unpaired) electrons. The molecule has 0 saturated heterocycles. The molecule has 0 spiro atoms. The number of aromatic nitrogens is 3. The summed E-state index contributed by atoms with van der Waals surface area (Å²) in [5.41, 5.74) is 9.83. The summed E-state index contributed by atoms with van der Waals surface area (Å²) in [4.78, 5) is 39.7. The van der Waals surface area contributed by atoms with Gasteiger partial charge in [-0.1, -0.05) is 35.3 Å². The molecule has 0 aliphatic carbocycles. The van der Waals surface area contributed by atoms with Crippen molar-refractivity contribution in [2.75, 3.05) is 30.8 Å². The SMILES string of the molecule is CCCCc1nc2c(N)nc3ccc(CCCOCCCNC(=O)CBr)cc3c2n1Cc1cc(O)ccc1OP(=O)(O)O. The number of pyridine rings is 1. The molecule has 0 bridgehead atoms. The Morgan fingerprint density at radius 1 is 1.09 bits per heavy atom. The van der Waals surface area contributed by atoms with E-state index in [1.165, 1.54) is 18.2 Å². The van der Waals surface area contributed by atoms with Crippen LogP contribution in [0.1, 0.15) is 49.6 Å². The van der Waals surface area contributed by atoms with Crippen molar-refractivity contribution in [2.24, 2.45) is 0 Å². The number of amides is 1. The van der Waals surface area contributed by atoms with Crippen molar-refractivity contribution in [1.82, 2.24) is 19.9 Å². The molecule has 0 unspecified atom stereocenters. The minimum atomic E-state index is -4.84. The summed E-state index contributed by atoms with van der Waals surface area (Å²) in [6.07, 6.45) is 4.77. The molecule has 2 aromatic carbocycles. The van der Waals surface area contributed by atoms with E-state index in [4.69, 9.17) is 20.0 Å². The van der Waals surface area contributed by atoms with Crippen LogP contribution in [0.5, 0.6) is 11.5 Å². The lowest BCUT2D eigenvalue weighted by Gasteiger charge is -2.16. The number of anilines is 1. The predicted octanol–water partition coefficient (Wildman–Crippen LogP) is 4.59. The predicted molar refractivity (Wildman–Crippen MR) is 168 cm³/mol. The van der Waals surface area contributed by atoms with E-state index < -0.39 is 7.82 Å². The van der Waals surface area contributed by atoms with Crippen LogP contribution in [0, 0.1) is 0 Å². The number of phenolic OH excluding ortho intramolecular Hbond substituents is 1. The number of nitrogens with one attached hydrogen (secondary N) is 1. The first kappa shape index (κ1) is 32.7. The number of carbonyl (C=O) groups is 1. The summed E-state index contributed by atoms with van der Waals surface area (Å²) in [5.74, 6) is 0.889. The Labute approximate surface area is 258 Å². The van der Waals surface area contributed by atoms with Gasteiger partial charge in [-0.05, 0) is 61.6 Å². The summed E-state index contributed by atoms with van der Waals surface area (Å²) in [5, 5.41) is 14.1. The number of aryl methyl sites for hydroxylation is 2. The van der Waals surface area contributed by atoms with E-state index in [1.807, 2.05) is 16.7 Å². The van der Waals surface area contributed by atoms with Crippen LogP contribution in [0.25, 0.3) is 21.9 Å². The lowest BCUT2D eigenvalue weighted by molar-refractivity contribution is -0.118. The molecule has 4 aromatic rings. The van der Waals surface area contributed by atoms with E-state index in [2.05, 4.69) is 39.2 Å². The topological polar surface area (TPSA) is 182 Å². The number of ether oxygens (including phenoxy) is 1. The highest BCUT2D eigenvalue weighted by Gasteiger charge is 2.22. The molecular formula is C29H37BrN5O7P. The number of rotatable bonds is 16. The van der Waals surface area contributed by atoms with Gasteiger partial charge in [0.15, 0.2) is 5.82 Å². The van der Waals surface area contributed by atoms with Gasteiger partial charge in [0.05, 0.1) is 22.9 Å². The Morgan fingerprint density at radius 2 is 1.88 bits per heavy atom. The number of aromatic hydroxyl groups is 1. The quantitative estimate of drug-likeness (QED) is 0.0639. The molecule has 6 N–H and O–H groups in total. The van der Waals surface area contributed by atoms with E-state index in [-0.39, 0.29) is 35.1 Å². The molecular weight excluding hydrogens is 641 g/mol. The van der Waals surface area contributed by atoms with Gasteiger partial charge in [0.2, 0.25) is 5.91 Å². The van der Waals surface area contributed by atoms with Gasteiger partial charge in [0.25, 0.3) is 0 Å². The van der Waals surface area contributed by atoms with Crippen LogP contribution in [0.3, 0.4) is 0 Å². The maximum Gasteiger partial charge on any atom is 0.524 e. The Morgan fingerprint density at radius 3 is 2.63 bits per heavy atom. The van der Waals surface area contributed by atoms with Crippen LogP contribution in [-0.2, 0) is 33.5 Å². The highest BCUT2D eigenvalue weighted by molar-refractivity contribution is 9.09. The van der Waals surface area contributed by atoms with Crippen molar-refractivity contribution < 1.29 is 33.5 Å². The van der Waals surface area contributed by atoms with Gasteiger partial charge in [-0.15, -0.1) is 0 Å². The monoisotopic (exact) mass is 677 g/mol. The Hall–Kier alpha value is -3.22. The third-order valence-corrected chi connectivity index (χ3v) is 7.80. The summed E-state index contributed by atoms with van der Waals surface area (Å²) < 4.78 is 24.3. The number of benzene rings is 2. The minimum Gasteiger partial charge on any atom is -0.508 e. The van der Waals surface area contributed by atoms with Gasteiger partial charge in [-0.2, -0.15) is 0 Å². The summed E-state index contributed by atoms with van der Waals surface area (Å²) >= 11 is 3.12. The zero-order valence-corrected chi connectivity index (χ0v) is 26.4. The number of carbonyl (C=O) groups excluding carboxylic acids is 1. The van der Waals surface area contributed by atoms with Gasteiger partial charge >= 0.3 is 7.82 Å². The summed E-state index contributed by atoms with van der Waals surface area (Å²) in [6.45, 7) is 3.93. The molecule has 14 heteroatoms. The second-order valence-corrected chi connectivity index (χ2v) is 11.9. The van der Waals surface area contributed by atoms with E-state index in [9.17, 15) is 24.3 Å². The fourth-order valence-electron chi connectivity index (χ4n) is 4.86. The fourth-order valence-corrected chi connectivity index (χ4v) is 5.49. The van der Waals surface area contributed by atoms with Gasteiger partial charge in [0, 0.05) is 37.1 Å².